The van der Waals surface area contributed by atoms with Crippen LogP contribution in [0.5, 0.6) is 0 Å². The van der Waals surface area contributed by atoms with Crippen LogP contribution in [0.2, 0.25) is 0 Å². The van der Waals surface area contributed by atoms with Gasteiger partial charge in [0, 0.05) is 30.5 Å². The van der Waals surface area contributed by atoms with Crippen LogP contribution in [0.4, 0.5) is 0 Å². The van der Waals surface area contributed by atoms with Gasteiger partial charge in [0.25, 0.3) is 0 Å². The second-order valence-corrected chi connectivity index (χ2v) is 9.24. The summed E-state index contributed by atoms with van der Waals surface area (Å²) in [5.41, 5.74) is 1.73. The summed E-state index contributed by atoms with van der Waals surface area (Å²) >= 11 is 0. The third-order valence-electron chi connectivity index (χ3n) is 4.92. The molecule has 1 aromatic heterocycles. The van der Waals surface area contributed by atoms with Crippen molar-refractivity contribution in [2.24, 2.45) is 0 Å². The first-order valence-electron chi connectivity index (χ1n) is 9.76. The van der Waals surface area contributed by atoms with Gasteiger partial charge in [-0.2, -0.15) is 0 Å². The molecular weight excluding hydrogens is 439 g/mol. The van der Waals surface area contributed by atoms with Gasteiger partial charge in [0.1, 0.15) is 0 Å². The first-order valence-corrected chi connectivity index (χ1v) is 11.2. The van der Waals surface area contributed by atoms with E-state index in [0.29, 0.717) is 13.0 Å². The number of aromatic carboxylic acids is 1. The predicted molar refractivity (Wildman–Crippen MR) is 123 cm³/mol. The Balaban J connectivity index is 0.00000363. The van der Waals surface area contributed by atoms with Crippen molar-refractivity contribution in [3.05, 3.63) is 89.7 Å². The molecule has 0 aliphatic heterocycles. The molecule has 3 rings (SSSR count). The van der Waals surface area contributed by atoms with E-state index in [0.717, 1.165) is 11.1 Å². The molecule has 2 atom stereocenters. The van der Waals surface area contributed by atoms with Crippen molar-refractivity contribution < 1.29 is 23.4 Å². The first-order chi connectivity index (χ1) is 14.8. The fourth-order valence-corrected chi connectivity index (χ4v) is 4.41. The molecule has 0 unspecified atom stereocenters. The Bertz CT molecular complexity index is 1120. The molecule has 2 aromatic carbocycles. The molecule has 0 saturated heterocycles. The Hall–Kier alpha value is -2.07. The fraction of sp³-hybridized carbons (Fsp3) is 0.217. The van der Waals surface area contributed by atoms with E-state index in [1.165, 1.54) is 24.3 Å². The molecule has 9 heteroatoms. The number of carbonyl (C=O) groups is 1. The zero-order valence-electron chi connectivity index (χ0n) is 17.0. The van der Waals surface area contributed by atoms with Crippen molar-refractivity contribution in [2.75, 3.05) is 6.54 Å². The molecule has 1 heterocycles. The Kier molecular flexibility index (Phi) is 9.57. The number of aromatic nitrogens is 1. The topological polar surface area (TPSA) is 117 Å². The number of aliphatic hydroxyl groups excluding tert-OH is 1. The van der Waals surface area contributed by atoms with Crippen molar-refractivity contribution in [3.63, 3.8) is 0 Å². The standard InChI is InChI=1S/C23H24N2O5S.Na.H/c1-16(25-15-22(26)19-3-2-12-24-14-19)13-17-4-8-20(9-5-17)31(29,30)21-10-6-18(7-11-21)23(27)28;;/h2-12,14,16,22,25-26H,13,15H2,1H3,(H,27,28);;/t16-,22-;;/m1../s1. The van der Waals surface area contributed by atoms with Crippen molar-refractivity contribution >= 4 is 45.4 Å². The average molecular weight is 465 g/mol. The van der Waals surface area contributed by atoms with Gasteiger partial charge in [0.15, 0.2) is 0 Å². The fourth-order valence-electron chi connectivity index (χ4n) is 3.15. The zero-order chi connectivity index (χ0) is 22.4. The van der Waals surface area contributed by atoms with Crippen LogP contribution in [0.3, 0.4) is 0 Å². The molecule has 0 aliphatic rings. The minimum atomic E-state index is -3.73. The predicted octanol–water partition coefficient (Wildman–Crippen LogP) is 2.22. The van der Waals surface area contributed by atoms with Crippen LogP contribution in [0.15, 0.2) is 82.8 Å². The van der Waals surface area contributed by atoms with Crippen molar-refractivity contribution in [1.29, 1.82) is 0 Å². The van der Waals surface area contributed by atoms with Gasteiger partial charge >= 0.3 is 35.5 Å². The normalized spacial score (nSPS) is 13.1. The van der Waals surface area contributed by atoms with E-state index in [2.05, 4.69) is 10.3 Å². The van der Waals surface area contributed by atoms with Crippen LogP contribution in [-0.4, -0.2) is 71.7 Å². The van der Waals surface area contributed by atoms with Crippen molar-refractivity contribution in [3.8, 4) is 0 Å². The summed E-state index contributed by atoms with van der Waals surface area (Å²) in [4.78, 5) is 15.1. The number of carboxylic acids is 1. The van der Waals surface area contributed by atoms with Crippen LogP contribution in [-0.2, 0) is 16.3 Å². The first kappa shape index (κ1) is 26.2. The van der Waals surface area contributed by atoms with Gasteiger partial charge in [-0.05, 0) is 61.4 Å². The van der Waals surface area contributed by atoms with Crippen LogP contribution in [0.25, 0.3) is 0 Å². The van der Waals surface area contributed by atoms with Gasteiger partial charge in [0.2, 0.25) is 9.84 Å². The average Bonchev–Trinajstić information content (AvgIpc) is 2.78. The number of nitrogens with zero attached hydrogens (tertiary/aromatic N) is 1. The quantitative estimate of drug-likeness (QED) is 0.416. The second-order valence-electron chi connectivity index (χ2n) is 7.29. The molecule has 0 spiro atoms. The summed E-state index contributed by atoms with van der Waals surface area (Å²) in [5.74, 6) is -1.11. The number of rotatable bonds is 9. The molecule has 7 nitrogen and oxygen atoms in total. The van der Waals surface area contributed by atoms with Gasteiger partial charge in [-0.3, -0.25) is 4.98 Å². The molecule has 32 heavy (non-hydrogen) atoms. The van der Waals surface area contributed by atoms with Crippen molar-refractivity contribution in [2.45, 2.75) is 35.3 Å². The molecule has 0 saturated carbocycles. The maximum atomic E-state index is 12.8. The number of hydrogen-bond donors (Lipinski definition) is 3. The molecule has 3 N–H and O–H groups in total. The van der Waals surface area contributed by atoms with E-state index < -0.39 is 21.9 Å². The molecule has 0 bridgehead atoms. The molecule has 0 radical (unpaired) electrons. The van der Waals surface area contributed by atoms with Crippen LogP contribution in [0.1, 0.15) is 34.5 Å². The number of pyridine rings is 1. The van der Waals surface area contributed by atoms with Gasteiger partial charge in [0.05, 0.1) is 21.5 Å². The SMILES string of the molecule is C[C@H](Cc1ccc(S(=O)(=O)c2ccc(C(=O)O)cc2)cc1)NC[C@@H](O)c1cccnc1.[NaH]. The zero-order valence-corrected chi connectivity index (χ0v) is 17.8. The van der Waals surface area contributed by atoms with Crippen molar-refractivity contribution in [1.82, 2.24) is 10.3 Å². The Morgan fingerprint density at radius 3 is 2.16 bits per heavy atom. The van der Waals surface area contributed by atoms with E-state index in [1.807, 2.05) is 13.0 Å². The van der Waals surface area contributed by atoms with Gasteiger partial charge in [-0.25, -0.2) is 13.2 Å². The molecule has 0 fully saturated rings. The summed E-state index contributed by atoms with van der Waals surface area (Å²) in [7, 11) is -3.73. The van der Waals surface area contributed by atoms with Gasteiger partial charge < -0.3 is 15.5 Å². The van der Waals surface area contributed by atoms with E-state index >= 15 is 0 Å². The number of hydrogen-bond acceptors (Lipinski definition) is 6. The molecule has 3 aromatic rings. The number of carboxylic acid groups (broad SMARTS) is 1. The third-order valence-corrected chi connectivity index (χ3v) is 6.70. The minimum absolute atomic E-state index is 0. The van der Waals surface area contributed by atoms with E-state index in [9.17, 15) is 18.3 Å². The van der Waals surface area contributed by atoms with Gasteiger partial charge in [-0.15, -0.1) is 0 Å². The molecule has 0 aliphatic carbocycles. The Morgan fingerprint density at radius 2 is 1.62 bits per heavy atom. The van der Waals surface area contributed by atoms with E-state index in [1.54, 1.807) is 42.7 Å². The maximum absolute atomic E-state index is 12.8. The molecule has 164 valence electrons. The summed E-state index contributed by atoms with van der Waals surface area (Å²) in [5, 5.41) is 22.4. The molecular formula is C23H25N2NaO5S. The number of benzene rings is 2. The van der Waals surface area contributed by atoms with Crippen LogP contribution >= 0.6 is 0 Å². The van der Waals surface area contributed by atoms with E-state index in [4.69, 9.17) is 5.11 Å². The summed E-state index contributed by atoms with van der Waals surface area (Å²) in [6.07, 6.45) is 3.29. The number of nitrogens with one attached hydrogen (secondary N) is 1. The monoisotopic (exact) mass is 464 g/mol. The number of sulfone groups is 1. The summed E-state index contributed by atoms with van der Waals surface area (Å²) in [6, 6.07) is 15.4. The van der Waals surface area contributed by atoms with Gasteiger partial charge in [-0.1, -0.05) is 18.2 Å². The Labute approximate surface area is 209 Å². The number of aliphatic hydroxyl groups is 1. The molecule has 0 amide bonds. The Morgan fingerprint density at radius 1 is 1.03 bits per heavy atom. The summed E-state index contributed by atoms with van der Waals surface area (Å²) in [6.45, 7) is 2.37. The van der Waals surface area contributed by atoms with E-state index in [-0.39, 0.29) is 51.0 Å². The summed E-state index contributed by atoms with van der Waals surface area (Å²) < 4.78 is 25.5. The second kappa shape index (κ2) is 11.7. The van der Waals surface area contributed by atoms with Crippen LogP contribution < -0.4 is 5.32 Å². The third kappa shape index (κ3) is 6.71. The van der Waals surface area contributed by atoms with Crippen LogP contribution in [0, 0.1) is 0 Å².